The second-order valence-electron chi connectivity index (χ2n) is 4.50. The van der Waals surface area contributed by atoms with Gasteiger partial charge >= 0.3 is 0 Å². The molecule has 0 bridgehead atoms. The number of aliphatic hydroxyl groups is 1. The summed E-state index contributed by atoms with van der Waals surface area (Å²) >= 11 is 5.98. The zero-order valence-electron chi connectivity index (χ0n) is 10.1. The summed E-state index contributed by atoms with van der Waals surface area (Å²) in [6.07, 6.45) is 2.27. The van der Waals surface area contributed by atoms with Crippen molar-refractivity contribution in [2.75, 3.05) is 18.1 Å². The maximum atomic E-state index is 11.5. The highest BCUT2D eigenvalue weighted by Gasteiger charge is 2.27. The molecule has 0 saturated heterocycles. The van der Waals surface area contributed by atoms with Gasteiger partial charge in [0.1, 0.15) is 6.04 Å². The Bertz CT molecular complexity index is 451. The number of aliphatic hydroxyl groups excluding tert-OH is 1. The van der Waals surface area contributed by atoms with Crippen LogP contribution in [0, 0.1) is 0 Å². The van der Waals surface area contributed by atoms with Crippen LogP contribution in [0.3, 0.4) is 0 Å². The molecule has 0 saturated carbocycles. The van der Waals surface area contributed by atoms with E-state index in [2.05, 4.69) is 0 Å². The number of hydrogen-bond acceptors (Lipinski definition) is 3. The number of nitrogens with two attached hydrogens (primary N) is 1. The first-order valence-corrected chi connectivity index (χ1v) is 6.46. The van der Waals surface area contributed by atoms with Crippen molar-refractivity contribution in [3.8, 4) is 0 Å². The quantitative estimate of drug-likeness (QED) is 0.866. The predicted molar refractivity (Wildman–Crippen MR) is 71.8 cm³/mol. The Morgan fingerprint density at radius 3 is 3.00 bits per heavy atom. The molecule has 0 fully saturated rings. The summed E-state index contributed by atoms with van der Waals surface area (Å²) in [5.74, 6) is -0.396. The maximum absolute atomic E-state index is 11.5. The Hall–Kier alpha value is -1.26. The zero-order valence-corrected chi connectivity index (χ0v) is 10.9. The molecule has 0 spiro atoms. The molecule has 2 rings (SSSR count). The summed E-state index contributed by atoms with van der Waals surface area (Å²) in [6, 6.07) is 5.22. The molecular weight excluding hydrogens is 252 g/mol. The summed E-state index contributed by atoms with van der Waals surface area (Å²) in [7, 11) is 0. The smallest absolute Gasteiger partial charge is 0.240 e. The fourth-order valence-corrected chi connectivity index (χ4v) is 2.69. The highest BCUT2D eigenvalue weighted by Crippen LogP contribution is 2.31. The van der Waals surface area contributed by atoms with Crippen molar-refractivity contribution in [1.82, 2.24) is 0 Å². The highest BCUT2D eigenvalue weighted by atomic mass is 35.5. The minimum Gasteiger partial charge on any atom is -0.396 e. The molecule has 0 aromatic heterocycles. The first-order chi connectivity index (χ1) is 8.63. The van der Waals surface area contributed by atoms with Gasteiger partial charge in [-0.3, -0.25) is 4.79 Å². The Labute approximate surface area is 111 Å². The van der Waals surface area contributed by atoms with Crippen LogP contribution in [-0.4, -0.2) is 30.2 Å². The van der Waals surface area contributed by atoms with Crippen molar-refractivity contribution in [3.63, 3.8) is 0 Å². The van der Waals surface area contributed by atoms with Crippen molar-refractivity contribution >= 4 is 23.2 Å². The molecular formula is C13H17ClN2O2. The number of halogens is 1. The molecule has 1 aliphatic heterocycles. The number of primary amides is 1. The fourth-order valence-electron chi connectivity index (χ4n) is 2.49. The largest absolute Gasteiger partial charge is 0.396 e. The van der Waals surface area contributed by atoms with Gasteiger partial charge in [0.25, 0.3) is 0 Å². The molecule has 1 amide bonds. The Morgan fingerprint density at radius 2 is 2.33 bits per heavy atom. The van der Waals surface area contributed by atoms with Gasteiger partial charge in [0.05, 0.1) is 0 Å². The van der Waals surface area contributed by atoms with E-state index in [1.807, 2.05) is 23.1 Å². The Kier molecular flexibility index (Phi) is 4.09. The van der Waals surface area contributed by atoms with Crippen LogP contribution < -0.4 is 10.6 Å². The van der Waals surface area contributed by atoms with Crippen LogP contribution in [0.25, 0.3) is 0 Å². The van der Waals surface area contributed by atoms with Gasteiger partial charge in [0, 0.05) is 23.9 Å². The standard InChI is InChI=1S/C13H17ClN2O2/c14-10-3-4-11-9(8-10)2-1-6-16(11)12(5-7-17)13(15)18/h3-4,8,12,17H,1-2,5-7H2,(H2,15,18). The van der Waals surface area contributed by atoms with Crippen molar-refractivity contribution in [1.29, 1.82) is 0 Å². The fraction of sp³-hybridized carbons (Fsp3) is 0.462. The summed E-state index contributed by atoms with van der Waals surface area (Å²) in [6.45, 7) is 0.731. The third-order valence-electron chi connectivity index (χ3n) is 3.30. The van der Waals surface area contributed by atoms with Crippen LogP contribution in [0.2, 0.25) is 5.02 Å². The zero-order chi connectivity index (χ0) is 13.1. The lowest BCUT2D eigenvalue weighted by Crippen LogP contribution is -2.47. The van der Waals surface area contributed by atoms with Crippen molar-refractivity contribution < 1.29 is 9.90 Å². The average Bonchev–Trinajstić information content (AvgIpc) is 2.34. The third kappa shape index (κ3) is 2.60. The van der Waals surface area contributed by atoms with Crippen LogP contribution in [0.4, 0.5) is 5.69 Å². The normalized spacial score (nSPS) is 16.2. The molecule has 1 atom stereocenters. The van der Waals surface area contributed by atoms with E-state index in [0.717, 1.165) is 30.6 Å². The van der Waals surface area contributed by atoms with Gasteiger partial charge < -0.3 is 15.7 Å². The summed E-state index contributed by atoms with van der Waals surface area (Å²) in [5, 5.41) is 9.75. The maximum Gasteiger partial charge on any atom is 0.240 e. The third-order valence-corrected chi connectivity index (χ3v) is 3.54. The highest BCUT2D eigenvalue weighted by molar-refractivity contribution is 6.30. The lowest BCUT2D eigenvalue weighted by Gasteiger charge is -2.36. The number of nitrogens with zero attached hydrogens (tertiary/aromatic N) is 1. The van der Waals surface area contributed by atoms with Gasteiger partial charge in [-0.25, -0.2) is 0 Å². The molecule has 0 aliphatic carbocycles. The second kappa shape index (κ2) is 5.59. The van der Waals surface area contributed by atoms with E-state index in [4.69, 9.17) is 22.4 Å². The Morgan fingerprint density at radius 1 is 1.56 bits per heavy atom. The molecule has 4 nitrogen and oxygen atoms in total. The van der Waals surface area contributed by atoms with E-state index >= 15 is 0 Å². The summed E-state index contributed by atoms with van der Waals surface area (Å²) in [4.78, 5) is 13.5. The number of fused-ring (bicyclic) bond motifs is 1. The predicted octanol–water partition coefficient (Wildman–Crippen LogP) is 1.33. The first-order valence-electron chi connectivity index (χ1n) is 6.08. The van der Waals surface area contributed by atoms with E-state index in [1.165, 1.54) is 0 Å². The lowest BCUT2D eigenvalue weighted by molar-refractivity contribution is -0.119. The number of rotatable bonds is 4. The molecule has 5 heteroatoms. The van der Waals surface area contributed by atoms with Crippen LogP contribution >= 0.6 is 11.6 Å². The second-order valence-corrected chi connectivity index (χ2v) is 4.94. The molecule has 98 valence electrons. The van der Waals surface area contributed by atoms with Crippen molar-refractivity contribution in [2.45, 2.75) is 25.3 Å². The van der Waals surface area contributed by atoms with Gasteiger partial charge in [0.2, 0.25) is 5.91 Å². The monoisotopic (exact) mass is 268 g/mol. The SMILES string of the molecule is NC(=O)C(CCO)N1CCCc2cc(Cl)ccc21. The van der Waals surface area contributed by atoms with Gasteiger partial charge in [-0.15, -0.1) is 0 Å². The molecule has 18 heavy (non-hydrogen) atoms. The summed E-state index contributed by atoms with van der Waals surface area (Å²) in [5.41, 5.74) is 7.56. The van der Waals surface area contributed by atoms with E-state index < -0.39 is 11.9 Å². The van der Waals surface area contributed by atoms with E-state index in [1.54, 1.807) is 0 Å². The lowest BCUT2D eigenvalue weighted by atomic mass is 9.99. The van der Waals surface area contributed by atoms with Crippen molar-refractivity contribution in [3.05, 3.63) is 28.8 Å². The van der Waals surface area contributed by atoms with Crippen molar-refractivity contribution in [2.24, 2.45) is 5.73 Å². The van der Waals surface area contributed by atoms with E-state index in [0.29, 0.717) is 11.4 Å². The molecule has 1 aliphatic rings. The van der Waals surface area contributed by atoms with E-state index in [9.17, 15) is 4.79 Å². The molecule has 1 aromatic carbocycles. The number of anilines is 1. The number of aryl methyl sites for hydroxylation is 1. The van der Waals surface area contributed by atoms with Crippen LogP contribution in [0.1, 0.15) is 18.4 Å². The number of carbonyl (C=O) groups is 1. The number of amides is 1. The van der Waals surface area contributed by atoms with Crippen LogP contribution in [0.15, 0.2) is 18.2 Å². The van der Waals surface area contributed by atoms with E-state index in [-0.39, 0.29) is 6.61 Å². The van der Waals surface area contributed by atoms with Gasteiger partial charge in [0.15, 0.2) is 0 Å². The van der Waals surface area contributed by atoms with Crippen LogP contribution in [-0.2, 0) is 11.2 Å². The van der Waals surface area contributed by atoms with Gasteiger partial charge in [-0.2, -0.15) is 0 Å². The number of carbonyl (C=O) groups excluding carboxylic acids is 1. The molecule has 1 aromatic rings. The van der Waals surface area contributed by atoms with Crippen LogP contribution in [0.5, 0.6) is 0 Å². The molecule has 1 heterocycles. The summed E-state index contributed by atoms with van der Waals surface area (Å²) < 4.78 is 0. The number of benzene rings is 1. The first kappa shape index (κ1) is 13.2. The number of hydrogen-bond donors (Lipinski definition) is 2. The topological polar surface area (TPSA) is 66.6 Å². The van der Waals surface area contributed by atoms with Gasteiger partial charge in [-0.05, 0) is 43.0 Å². The molecule has 1 unspecified atom stereocenters. The molecule has 3 N–H and O–H groups in total. The van der Waals surface area contributed by atoms with Gasteiger partial charge in [-0.1, -0.05) is 11.6 Å². The minimum atomic E-state index is -0.449. The molecule has 0 radical (unpaired) electrons. The Balaban J connectivity index is 2.33. The average molecular weight is 269 g/mol. The minimum absolute atomic E-state index is 0.0486.